The molecule has 0 radical (unpaired) electrons. The Bertz CT molecular complexity index is 461. The molecule has 104 valence electrons. The highest BCUT2D eigenvalue weighted by atomic mass is 16.5. The number of amides is 1. The molecule has 1 aromatic rings. The van der Waals surface area contributed by atoms with Gasteiger partial charge >= 0.3 is 5.97 Å². The predicted molar refractivity (Wildman–Crippen MR) is 62.9 cm³/mol. The van der Waals surface area contributed by atoms with E-state index in [9.17, 15) is 14.7 Å². The molecule has 19 heavy (non-hydrogen) atoms. The molecule has 0 spiro atoms. The minimum Gasteiger partial charge on any atom is -0.467 e. The lowest BCUT2D eigenvalue weighted by Gasteiger charge is -2.25. The van der Waals surface area contributed by atoms with Gasteiger partial charge in [0.15, 0.2) is 0 Å². The lowest BCUT2D eigenvalue weighted by atomic mass is 10.2. The average molecular weight is 268 g/mol. The highest BCUT2D eigenvalue weighted by Gasteiger charge is 2.41. The topological polar surface area (TPSA) is 97.6 Å². The summed E-state index contributed by atoms with van der Waals surface area (Å²) in [4.78, 5) is 29.1. The first-order valence-corrected chi connectivity index (χ1v) is 5.95. The fourth-order valence-corrected chi connectivity index (χ4v) is 2.19. The van der Waals surface area contributed by atoms with Gasteiger partial charge in [-0.2, -0.15) is 5.10 Å². The Kier molecular flexibility index (Phi) is 3.79. The van der Waals surface area contributed by atoms with Crippen molar-refractivity contribution in [1.29, 1.82) is 0 Å². The summed E-state index contributed by atoms with van der Waals surface area (Å²) in [5.74, 6) is -0.812. The zero-order chi connectivity index (χ0) is 14.0. The quantitative estimate of drug-likeness (QED) is 0.704. The molecule has 8 nitrogen and oxygen atoms in total. The Hall–Kier alpha value is -1.96. The maximum absolute atomic E-state index is 12.3. The standard InChI is InChI=1S/C11H16N4O4/c1-7(15-6-12-5-13-15)10(17)14-4-8(16)3-9(14)11(18)19-2/h5-9,16H,3-4H2,1-2H3. The zero-order valence-corrected chi connectivity index (χ0v) is 10.8. The van der Waals surface area contributed by atoms with Crippen molar-refractivity contribution in [3.05, 3.63) is 12.7 Å². The van der Waals surface area contributed by atoms with Gasteiger partial charge < -0.3 is 14.7 Å². The summed E-state index contributed by atoms with van der Waals surface area (Å²) in [7, 11) is 1.26. The Labute approximate surface area is 110 Å². The SMILES string of the molecule is COC(=O)C1CC(O)CN1C(=O)C(C)n1cncn1. The smallest absolute Gasteiger partial charge is 0.328 e. The molecular formula is C11H16N4O4. The van der Waals surface area contributed by atoms with Gasteiger partial charge in [-0.25, -0.2) is 14.5 Å². The normalized spacial score (nSPS) is 24.3. The van der Waals surface area contributed by atoms with Crippen molar-refractivity contribution in [2.75, 3.05) is 13.7 Å². The molecule has 1 aliphatic heterocycles. The maximum atomic E-state index is 12.3. The summed E-state index contributed by atoms with van der Waals surface area (Å²) in [5, 5.41) is 13.5. The molecule has 1 N–H and O–H groups in total. The van der Waals surface area contributed by atoms with Crippen molar-refractivity contribution < 1.29 is 19.4 Å². The fourth-order valence-electron chi connectivity index (χ4n) is 2.19. The second-order valence-electron chi connectivity index (χ2n) is 4.47. The second-order valence-corrected chi connectivity index (χ2v) is 4.47. The first kappa shape index (κ1) is 13.5. The van der Waals surface area contributed by atoms with E-state index >= 15 is 0 Å². The van der Waals surface area contributed by atoms with Crippen molar-refractivity contribution in [2.45, 2.75) is 31.5 Å². The molecule has 1 amide bonds. The van der Waals surface area contributed by atoms with Gasteiger partial charge in [0.1, 0.15) is 24.7 Å². The van der Waals surface area contributed by atoms with Crippen molar-refractivity contribution >= 4 is 11.9 Å². The number of ether oxygens (including phenoxy) is 1. The van der Waals surface area contributed by atoms with Crippen LogP contribution in [0.3, 0.4) is 0 Å². The van der Waals surface area contributed by atoms with Gasteiger partial charge in [-0.1, -0.05) is 0 Å². The van der Waals surface area contributed by atoms with Gasteiger partial charge in [0.05, 0.1) is 13.2 Å². The molecule has 0 bridgehead atoms. The molecule has 1 fully saturated rings. The molecule has 8 heteroatoms. The van der Waals surface area contributed by atoms with Crippen LogP contribution in [0.15, 0.2) is 12.7 Å². The number of likely N-dealkylation sites (tertiary alicyclic amines) is 1. The average Bonchev–Trinajstić information content (AvgIpc) is 3.05. The van der Waals surface area contributed by atoms with Gasteiger partial charge in [0, 0.05) is 13.0 Å². The number of carbonyl (C=O) groups excluding carboxylic acids is 2. The number of nitrogens with zero attached hydrogens (tertiary/aromatic N) is 4. The number of methoxy groups -OCH3 is 1. The van der Waals surface area contributed by atoms with Crippen LogP contribution >= 0.6 is 0 Å². The molecule has 0 saturated carbocycles. The van der Waals surface area contributed by atoms with Crippen LogP contribution in [0.1, 0.15) is 19.4 Å². The van der Waals surface area contributed by atoms with E-state index in [4.69, 9.17) is 0 Å². The van der Waals surface area contributed by atoms with Gasteiger partial charge in [0.25, 0.3) is 0 Å². The largest absolute Gasteiger partial charge is 0.467 e. The molecule has 3 unspecified atom stereocenters. The van der Waals surface area contributed by atoms with Crippen molar-refractivity contribution in [3.8, 4) is 0 Å². The molecular weight excluding hydrogens is 252 g/mol. The summed E-state index contributed by atoms with van der Waals surface area (Å²) < 4.78 is 6.06. The minimum absolute atomic E-state index is 0.123. The molecule has 0 aliphatic carbocycles. The van der Waals surface area contributed by atoms with E-state index in [-0.39, 0.29) is 18.9 Å². The number of β-amino-alcohol motifs (C(OH)–C–C–N with tert-alkyl or cyclic N) is 1. The van der Waals surface area contributed by atoms with Gasteiger partial charge in [0.2, 0.25) is 5.91 Å². The second kappa shape index (κ2) is 5.35. The monoisotopic (exact) mass is 268 g/mol. The van der Waals surface area contributed by atoms with E-state index in [2.05, 4.69) is 14.8 Å². The summed E-state index contributed by atoms with van der Waals surface area (Å²) in [5.41, 5.74) is 0. The number of rotatable bonds is 3. The molecule has 1 aliphatic rings. The fraction of sp³-hybridized carbons (Fsp3) is 0.636. The maximum Gasteiger partial charge on any atom is 0.328 e. The lowest BCUT2D eigenvalue weighted by Crippen LogP contribution is -2.44. The van der Waals surface area contributed by atoms with Crippen LogP contribution in [0.4, 0.5) is 0 Å². The number of hydrogen-bond donors (Lipinski definition) is 1. The molecule has 2 heterocycles. The van der Waals surface area contributed by atoms with Crippen LogP contribution in [0.5, 0.6) is 0 Å². The van der Waals surface area contributed by atoms with Crippen molar-refractivity contribution in [3.63, 3.8) is 0 Å². The first-order chi connectivity index (χ1) is 9.04. The first-order valence-electron chi connectivity index (χ1n) is 5.95. The van der Waals surface area contributed by atoms with Crippen LogP contribution < -0.4 is 0 Å². The summed E-state index contributed by atoms with van der Waals surface area (Å²) in [6.45, 7) is 1.79. The summed E-state index contributed by atoms with van der Waals surface area (Å²) in [6, 6.07) is -1.32. The number of esters is 1. The zero-order valence-electron chi connectivity index (χ0n) is 10.8. The Morgan fingerprint density at radius 2 is 2.26 bits per heavy atom. The van der Waals surface area contributed by atoms with Gasteiger partial charge in [-0.15, -0.1) is 0 Å². The third-order valence-corrected chi connectivity index (χ3v) is 3.23. The van der Waals surface area contributed by atoms with E-state index < -0.39 is 24.2 Å². The molecule has 0 aromatic carbocycles. The number of aromatic nitrogens is 3. The van der Waals surface area contributed by atoms with Crippen LogP contribution in [-0.4, -0.2) is 62.4 Å². The predicted octanol–water partition coefficient (Wildman–Crippen LogP) is -1.03. The Morgan fingerprint density at radius 1 is 1.53 bits per heavy atom. The third kappa shape index (κ3) is 2.58. The number of aliphatic hydroxyl groups is 1. The van der Waals surface area contributed by atoms with E-state index in [1.807, 2.05) is 0 Å². The number of hydrogen-bond acceptors (Lipinski definition) is 6. The van der Waals surface area contributed by atoms with Crippen LogP contribution in [0, 0.1) is 0 Å². The van der Waals surface area contributed by atoms with Crippen LogP contribution in [0.25, 0.3) is 0 Å². The van der Waals surface area contributed by atoms with Crippen LogP contribution in [0.2, 0.25) is 0 Å². The highest BCUT2D eigenvalue weighted by Crippen LogP contribution is 2.22. The molecule has 2 rings (SSSR count). The van der Waals surface area contributed by atoms with E-state index in [1.165, 1.54) is 29.3 Å². The van der Waals surface area contributed by atoms with Gasteiger partial charge in [-0.3, -0.25) is 4.79 Å². The molecule has 1 aromatic heterocycles. The van der Waals surface area contributed by atoms with Gasteiger partial charge in [-0.05, 0) is 6.92 Å². The van der Waals surface area contributed by atoms with E-state index in [1.54, 1.807) is 6.92 Å². The summed E-state index contributed by atoms with van der Waals surface area (Å²) in [6.07, 6.45) is 2.25. The number of aliphatic hydroxyl groups excluding tert-OH is 1. The van der Waals surface area contributed by atoms with E-state index in [0.717, 1.165) is 0 Å². The van der Waals surface area contributed by atoms with E-state index in [0.29, 0.717) is 0 Å². The van der Waals surface area contributed by atoms with Crippen molar-refractivity contribution in [1.82, 2.24) is 19.7 Å². The Balaban J connectivity index is 2.15. The Morgan fingerprint density at radius 3 is 2.84 bits per heavy atom. The number of carbonyl (C=O) groups is 2. The summed E-state index contributed by atoms with van der Waals surface area (Å²) >= 11 is 0. The van der Waals surface area contributed by atoms with Crippen LogP contribution in [-0.2, 0) is 14.3 Å². The highest BCUT2D eigenvalue weighted by molar-refractivity contribution is 5.87. The third-order valence-electron chi connectivity index (χ3n) is 3.23. The minimum atomic E-state index is -0.738. The van der Waals surface area contributed by atoms with Crippen molar-refractivity contribution in [2.24, 2.45) is 0 Å². The molecule has 1 saturated heterocycles. The lowest BCUT2D eigenvalue weighted by molar-refractivity contribution is -0.152. The molecule has 3 atom stereocenters.